The average molecular weight is 419 g/mol. The Morgan fingerprint density at radius 3 is 2.87 bits per heavy atom. The van der Waals surface area contributed by atoms with Crippen LogP contribution in [0.1, 0.15) is 32.4 Å². The van der Waals surface area contributed by atoms with Gasteiger partial charge in [-0.2, -0.15) is 0 Å². The van der Waals surface area contributed by atoms with Gasteiger partial charge in [0.1, 0.15) is 12.6 Å². The molecule has 0 saturated carbocycles. The van der Waals surface area contributed by atoms with E-state index in [9.17, 15) is 14.4 Å². The highest BCUT2D eigenvalue weighted by atomic mass is 16.7. The third-order valence-corrected chi connectivity index (χ3v) is 4.24. The van der Waals surface area contributed by atoms with Gasteiger partial charge in [0.05, 0.1) is 14.3 Å². The molecule has 2 atom stereocenters. The van der Waals surface area contributed by atoms with E-state index < -0.39 is 24.4 Å². The van der Waals surface area contributed by atoms with Crippen molar-refractivity contribution in [2.24, 2.45) is 0 Å². The highest BCUT2D eigenvalue weighted by Gasteiger charge is 2.32. The van der Waals surface area contributed by atoms with Gasteiger partial charge in [0.25, 0.3) is 6.29 Å². The van der Waals surface area contributed by atoms with Crippen molar-refractivity contribution in [3.05, 3.63) is 54.1 Å². The van der Waals surface area contributed by atoms with Crippen LogP contribution in [-0.4, -0.2) is 59.2 Å². The highest BCUT2D eigenvalue weighted by molar-refractivity contribution is 5.82. The molecule has 162 valence electrons. The number of rotatable bonds is 12. The minimum absolute atomic E-state index is 0.0694. The van der Waals surface area contributed by atoms with Gasteiger partial charge in [-0.3, -0.25) is 9.69 Å². The van der Waals surface area contributed by atoms with Crippen molar-refractivity contribution in [3.63, 3.8) is 0 Å². The second-order valence-corrected chi connectivity index (χ2v) is 6.52. The Labute approximate surface area is 176 Å². The molecule has 1 N–H and O–H groups in total. The number of esters is 1. The first kappa shape index (κ1) is 21.5. The first-order valence-electron chi connectivity index (χ1n) is 10.1. The van der Waals surface area contributed by atoms with Crippen LogP contribution in [0.2, 0.25) is 0 Å². The molecule has 2 aromatic rings. The van der Waals surface area contributed by atoms with Crippen LogP contribution in [0.3, 0.4) is 0 Å². The van der Waals surface area contributed by atoms with Gasteiger partial charge in [0.15, 0.2) is 6.29 Å². The molecule has 0 bridgehead atoms. The number of unbranched alkanes of at least 4 members (excludes halogenated alkanes) is 1. The van der Waals surface area contributed by atoms with E-state index in [1.165, 1.54) is 19.6 Å². The minimum Gasteiger partial charge on any atom is -0.445 e. The number of hydrogen-bond donors (Lipinski definition) is 1. The summed E-state index contributed by atoms with van der Waals surface area (Å²) < 4.78 is 23.5. The van der Waals surface area contributed by atoms with Crippen LogP contribution < -0.4 is 0 Å². The zero-order valence-electron chi connectivity index (χ0n) is 18.1. The van der Waals surface area contributed by atoms with Crippen molar-refractivity contribution < 1.29 is 30.0 Å². The van der Waals surface area contributed by atoms with Crippen LogP contribution in [0.4, 0.5) is 4.79 Å². The summed E-state index contributed by atoms with van der Waals surface area (Å²) in [6.45, 7) is 2.11. The summed E-state index contributed by atoms with van der Waals surface area (Å²) in [6.07, 6.45) is 2.86. The van der Waals surface area contributed by atoms with Crippen LogP contribution >= 0.6 is 0 Å². The quantitative estimate of drug-likeness (QED) is 0.243. The molecule has 0 saturated heterocycles. The Balaban J connectivity index is 2.06. The molecule has 0 radical (unpaired) electrons. The molecule has 0 spiro atoms. The van der Waals surface area contributed by atoms with Gasteiger partial charge in [0, 0.05) is 25.4 Å². The van der Waals surface area contributed by atoms with Crippen LogP contribution in [-0.2, 0) is 36.8 Å². The Morgan fingerprint density at radius 1 is 1.37 bits per heavy atom. The monoisotopic (exact) mass is 419 g/mol. The lowest BCUT2D eigenvalue weighted by molar-refractivity contribution is -0.183. The molecular weight excluding hydrogens is 390 g/mol. The number of imidazole rings is 1. The second kappa shape index (κ2) is 12.4. The third kappa shape index (κ3) is 7.32. The number of aromatic nitrogens is 2. The van der Waals surface area contributed by atoms with Crippen molar-refractivity contribution in [2.75, 3.05) is 13.7 Å². The largest absolute Gasteiger partial charge is 0.445 e. The molecule has 2 rings (SSSR count). The van der Waals surface area contributed by atoms with E-state index in [2.05, 4.69) is 9.97 Å². The summed E-state index contributed by atoms with van der Waals surface area (Å²) in [4.78, 5) is 44.4. The smallest absolute Gasteiger partial charge is 0.410 e. The molecule has 0 aliphatic rings. The summed E-state index contributed by atoms with van der Waals surface area (Å²) >= 11 is 0. The van der Waals surface area contributed by atoms with E-state index in [-0.39, 0.29) is 25.7 Å². The van der Waals surface area contributed by atoms with E-state index in [0.29, 0.717) is 24.0 Å². The second-order valence-electron chi connectivity index (χ2n) is 6.52. The molecule has 1 aromatic carbocycles. The number of nitrogens with zero attached hydrogens (tertiary/aromatic N) is 2. The maximum atomic E-state index is 12.8. The number of aromatic amines is 1. The Kier molecular flexibility index (Phi) is 8.88. The van der Waals surface area contributed by atoms with Crippen LogP contribution in [0, 0.1) is 0 Å². The van der Waals surface area contributed by atoms with Crippen molar-refractivity contribution in [2.45, 2.75) is 45.1 Å². The first-order chi connectivity index (χ1) is 15.0. The fraction of sp³-hybridized carbons (Fsp3) is 0.429. The van der Waals surface area contributed by atoms with E-state index in [0.717, 1.165) is 11.3 Å². The van der Waals surface area contributed by atoms with E-state index >= 15 is 0 Å². The summed E-state index contributed by atoms with van der Waals surface area (Å²) in [7, 11) is 1.39. The highest BCUT2D eigenvalue weighted by Crippen LogP contribution is 2.12. The topological polar surface area (TPSA) is 111 Å². The number of hydrogen-bond acceptors (Lipinski definition) is 7. The number of carbonyl (C=O) groups excluding carboxylic acids is 3. The predicted molar refractivity (Wildman–Crippen MR) is 107 cm³/mol. The zero-order valence-corrected chi connectivity index (χ0v) is 17.1. The Hall–Kier alpha value is -3.20. The van der Waals surface area contributed by atoms with Gasteiger partial charge in [0.2, 0.25) is 0 Å². The van der Waals surface area contributed by atoms with Crippen LogP contribution in [0.5, 0.6) is 0 Å². The summed E-state index contributed by atoms with van der Waals surface area (Å²) in [5.74, 6) is -0.816. The van der Waals surface area contributed by atoms with Crippen LogP contribution in [0.15, 0.2) is 42.8 Å². The number of likely N-dealkylation sites (N-methyl/N-ethyl adjacent to an activating group) is 1. The lowest BCUT2D eigenvalue weighted by Crippen LogP contribution is -2.46. The summed E-state index contributed by atoms with van der Waals surface area (Å²) in [6, 6.07) is 5.86. The normalized spacial score (nSPS) is 13.1. The fourth-order valence-corrected chi connectivity index (χ4v) is 2.51. The standard InChI is InChI=1S/C21H27N3O6/c1-3-4-10-28-19(13-25)30-20(26)18(11-17-12-22-15-23-17)24(2)21(27)29-14-16-8-6-5-7-9-16/h5-9,12-13,15,18-19H,3-4,10-11,14H2,1-2H3,(H,22,23)/t18-,19+/m0/s1/i8T. The molecular formula is C21H27N3O6. The average Bonchev–Trinajstić information content (AvgIpc) is 3.29. The number of amides is 1. The minimum atomic E-state index is -1.36. The molecule has 1 aromatic heterocycles. The maximum Gasteiger partial charge on any atom is 0.410 e. The molecule has 9 heteroatoms. The molecule has 9 nitrogen and oxygen atoms in total. The SMILES string of the molecule is [3H]c1ccccc1COC(=O)N(C)[C@@H](Cc1cnc[nH]1)C(=O)O[C@H](C=O)OCCCC. The Morgan fingerprint density at radius 2 is 2.20 bits per heavy atom. The summed E-state index contributed by atoms with van der Waals surface area (Å²) in [5, 5.41) is 0. The first-order valence-corrected chi connectivity index (χ1v) is 9.65. The van der Waals surface area contributed by atoms with E-state index in [4.69, 9.17) is 15.6 Å². The van der Waals surface area contributed by atoms with Crippen molar-refractivity contribution in [1.82, 2.24) is 14.9 Å². The van der Waals surface area contributed by atoms with Crippen LogP contribution in [0.25, 0.3) is 0 Å². The number of ether oxygens (including phenoxy) is 3. The number of benzene rings is 1. The molecule has 0 unspecified atom stereocenters. The van der Waals surface area contributed by atoms with Gasteiger partial charge >= 0.3 is 12.1 Å². The van der Waals surface area contributed by atoms with Crippen molar-refractivity contribution in [1.29, 1.82) is 0 Å². The lowest BCUT2D eigenvalue weighted by atomic mass is 10.1. The molecule has 30 heavy (non-hydrogen) atoms. The number of aldehydes is 1. The predicted octanol–water partition coefficient (Wildman–Crippen LogP) is 2.47. The van der Waals surface area contributed by atoms with Crippen molar-refractivity contribution in [3.8, 4) is 0 Å². The van der Waals surface area contributed by atoms with Gasteiger partial charge in [-0.25, -0.2) is 14.6 Å². The van der Waals surface area contributed by atoms with Crippen molar-refractivity contribution >= 4 is 18.3 Å². The third-order valence-electron chi connectivity index (χ3n) is 4.24. The maximum absolute atomic E-state index is 12.8. The molecule has 1 amide bonds. The molecule has 1 heterocycles. The number of H-pyrrole nitrogens is 1. The van der Waals surface area contributed by atoms with Gasteiger partial charge in [-0.1, -0.05) is 43.7 Å². The van der Waals surface area contributed by atoms with Gasteiger partial charge in [-0.15, -0.1) is 0 Å². The zero-order chi connectivity index (χ0) is 22.6. The van der Waals surface area contributed by atoms with E-state index in [1.54, 1.807) is 24.3 Å². The van der Waals surface area contributed by atoms with E-state index in [1.807, 2.05) is 6.92 Å². The van der Waals surface area contributed by atoms with Gasteiger partial charge in [-0.05, 0) is 12.0 Å². The number of carbonyl (C=O) groups is 3. The fourth-order valence-electron chi connectivity index (χ4n) is 2.51. The molecule has 0 fully saturated rings. The summed E-state index contributed by atoms with van der Waals surface area (Å²) in [5.41, 5.74) is 1.12. The molecule has 0 aliphatic carbocycles. The molecule has 0 aliphatic heterocycles. The number of nitrogens with one attached hydrogen (secondary N) is 1. The Bertz CT molecular complexity index is 845. The lowest BCUT2D eigenvalue weighted by Gasteiger charge is -2.26. The van der Waals surface area contributed by atoms with Gasteiger partial charge < -0.3 is 19.2 Å².